The predicted octanol–water partition coefficient (Wildman–Crippen LogP) is 17.3. The lowest BCUT2D eigenvalue weighted by atomic mass is 9.89. The molecule has 2 nitrogen and oxygen atoms in total. The van der Waals surface area contributed by atoms with Gasteiger partial charge >= 0.3 is 0 Å². The Morgan fingerprint density at radius 3 is 1.62 bits per heavy atom. The topological polar surface area (TPSA) is 9.86 Å². The predicted molar refractivity (Wildman–Crippen MR) is 287 cm³/mol. The van der Waals surface area contributed by atoms with Crippen LogP contribution in [0.4, 0.5) is 0 Å². The molecule has 14 aromatic rings. The monoisotopic (exact) mass is 862 g/mol. The summed E-state index contributed by atoms with van der Waals surface area (Å²) < 4.78 is 4.95. The largest absolute Gasteiger partial charge is 0.336 e. The molecule has 0 spiro atoms. The first kappa shape index (κ1) is 37.5. The zero-order valence-electron chi connectivity index (χ0n) is 37.2. The van der Waals surface area contributed by atoms with Crippen LogP contribution in [0.15, 0.2) is 237 Å². The van der Waals surface area contributed by atoms with Crippen molar-refractivity contribution in [3.8, 4) is 39.1 Å². The van der Waals surface area contributed by atoms with Gasteiger partial charge in [-0.1, -0.05) is 176 Å². The summed E-state index contributed by atoms with van der Waals surface area (Å²) >= 11 is 0. The first-order valence-electron chi connectivity index (χ1n) is 23.8. The third-order valence-corrected chi connectivity index (χ3v) is 15.2. The molecule has 12 aromatic carbocycles. The van der Waals surface area contributed by atoms with E-state index < -0.39 is 0 Å². The quantitative estimate of drug-likeness (QED) is 0.147. The molecule has 0 bridgehead atoms. The molecular formula is C66H42N2. The van der Waals surface area contributed by atoms with Gasteiger partial charge in [0.25, 0.3) is 0 Å². The van der Waals surface area contributed by atoms with Gasteiger partial charge in [0.15, 0.2) is 0 Å². The van der Waals surface area contributed by atoms with Crippen LogP contribution >= 0.6 is 0 Å². The van der Waals surface area contributed by atoms with Crippen LogP contribution in [-0.4, -0.2) is 9.13 Å². The molecule has 0 aliphatic heterocycles. The Morgan fingerprint density at radius 2 is 0.868 bits per heavy atom. The second-order valence-electron chi connectivity index (χ2n) is 18.8. The molecular weight excluding hydrogens is 821 g/mol. The number of hydrogen-bond acceptors (Lipinski definition) is 0. The fourth-order valence-corrected chi connectivity index (χ4v) is 12.1. The van der Waals surface area contributed by atoms with E-state index in [1.165, 1.54) is 137 Å². The molecule has 0 saturated heterocycles. The Hall–Kier alpha value is -8.72. The Labute approximate surface area is 393 Å². The van der Waals surface area contributed by atoms with Crippen LogP contribution in [0, 0.1) is 0 Å². The van der Waals surface area contributed by atoms with E-state index in [4.69, 9.17) is 0 Å². The maximum atomic E-state index is 2.56. The highest BCUT2D eigenvalue weighted by molar-refractivity contribution is 6.23. The third kappa shape index (κ3) is 5.46. The Balaban J connectivity index is 0.919. The van der Waals surface area contributed by atoms with Crippen LogP contribution < -0.4 is 0 Å². The lowest BCUT2D eigenvalue weighted by Gasteiger charge is -2.16. The van der Waals surface area contributed by atoms with Crippen molar-refractivity contribution in [3.63, 3.8) is 0 Å². The van der Waals surface area contributed by atoms with Gasteiger partial charge in [-0.2, -0.15) is 0 Å². The summed E-state index contributed by atoms with van der Waals surface area (Å²) in [6.45, 7) is 0.758. The second kappa shape index (κ2) is 14.4. The van der Waals surface area contributed by atoms with Gasteiger partial charge in [0, 0.05) is 50.7 Å². The number of rotatable bonds is 6. The molecule has 316 valence electrons. The smallest absolute Gasteiger partial charge is 0.0541 e. The molecule has 0 amide bonds. The molecule has 0 saturated carbocycles. The number of para-hydroxylation sites is 2. The summed E-state index contributed by atoms with van der Waals surface area (Å²) in [7, 11) is 0. The second-order valence-corrected chi connectivity index (χ2v) is 18.8. The van der Waals surface area contributed by atoms with E-state index in [1.807, 2.05) is 0 Å². The number of aromatic nitrogens is 2. The average molecular weight is 863 g/mol. The van der Waals surface area contributed by atoms with E-state index in [2.05, 4.69) is 246 Å². The van der Waals surface area contributed by atoms with Crippen molar-refractivity contribution in [1.29, 1.82) is 0 Å². The molecule has 2 heteroatoms. The number of benzene rings is 12. The van der Waals surface area contributed by atoms with E-state index in [0.717, 1.165) is 6.54 Å². The zero-order valence-corrected chi connectivity index (χ0v) is 37.2. The Bertz CT molecular complexity index is 4330. The van der Waals surface area contributed by atoms with E-state index in [0.29, 0.717) is 0 Å². The summed E-state index contributed by atoms with van der Waals surface area (Å²) in [5, 5.41) is 13.0. The molecule has 2 heterocycles. The van der Waals surface area contributed by atoms with Gasteiger partial charge in [-0.15, -0.1) is 0 Å². The first-order chi connectivity index (χ1) is 33.7. The van der Waals surface area contributed by atoms with Crippen molar-refractivity contribution in [1.82, 2.24) is 9.13 Å². The van der Waals surface area contributed by atoms with Gasteiger partial charge in [0.1, 0.15) is 0 Å². The molecule has 1 atom stereocenters. The molecule has 1 unspecified atom stereocenters. The van der Waals surface area contributed by atoms with Gasteiger partial charge in [0.2, 0.25) is 0 Å². The minimum absolute atomic E-state index is 0.226. The fourth-order valence-electron chi connectivity index (χ4n) is 12.1. The maximum absolute atomic E-state index is 2.56. The highest BCUT2D eigenvalue weighted by Crippen LogP contribution is 2.49. The number of fused-ring (bicyclic) bond motifs is 9. The van der Waals surface area contributed by atoms with E-state index >= 15 is 0 Å². The summed E-state index contributed by atoms with van der Waals surface area (Å²) in [5.41, 5.74) is 19.0. The van der Waals surface area contributed by atoms with Crippen molar-refractivity contribution in [3.05, 3.63) is 259 Å². The normalized spacial score (nSPS) is 13.5. The van der Waals surface area contributed by atoms with E-state index in [9.17, 15) is 0 Å². The van der Waals surface area contributed by atoms with Crippen molar-refractivity contribution >= 4 is 75.9 Å². The average Bonchev–Trinajstić information content (AvgIpc) is 4.03. The van der Waals surface area contributed by atoms with Crippen LogP contribution in [0.3, 0.4) is 0 Å². The van der Waals surface area contributed by atoms with Gasteiger partial charge in [0.05, 0.1) is 11.0 Å². The summed E-state index contributed by atoms with van der Waals surface area (Å²) in [6, 6.07) is 88.5. The van der Waals surface area contributed by atoms with Crippen molar-refractivity contribution < 1.29 is 0 Å². The number of hydrogen-bond donors (Lipinski definition) is 0. The Kier molecular flexibility index (Phi) is 7.93. The van der Waals surface area contributed by atoms with Crippen molar-refractivity contribution in [2.75, 3.05) is 0 Å². The molecule has 1 aliphatic rings. The minimum atomic E-state index is 0.226. The zero-order chi connectivity index (χ0) is 44.5. The van der Waals surface area contributed by atoms with E-state index in [1.54, 1.807) is 0 Å². The third-order valence-electron chi connectivity index (χ3n) is 15.2. The highest BCUT2D eigenvalue weighted by Gasteiger charge is 2.30. The van der Waals surface area contributed by atoms with Crippen LogP contribution in [-0.2, 0) is 6.54 Å². The molecule has 1 aliphatic carbocycles. The SMILES string of the molecule is c1ccc(C2c3ccccc3-c3cc(-c4ccc5c(c4)c4cc(-c6ccc7c(c6)c6ccccc6n7-c6ccccc6)ccc4n5Cc4ccc5ccc6cccc7ccc4c5c67)ccc32)cc1. The Morgan fingerprint density at radius 1 is 0.324 bits per heavy atom. The summed E-state index contributed by atoms with van der Waals surface area (Å²) in [4.78, 5) is 0. The standard InChI is InChI=1S/C66H42N2/c1-3-12-41(13-4-1)65-54-20-8-7-18-52(54)56-36-45(27-32-55(56)65)46-28-33-60-58(38-46)59-39-47(48-30-35-63-57(37-48)53-19-9-10-21-62(53)68(63)50-16-5-2-6-17-50)29-34-61(59)67(60)40-49-25-24-44-23-22-42-14-11-15-43-26-31-51(49)66(44)64(42)43/h1-39,65H,40H2. The van der Waals surface area contributed by atoms with Crippen LogP contribution in [0.25, 0.3) is 115 Å². The minimum Gasteiger partial charge on any atom is -0.336 e. The number of nitrogens with zero attached hydrogens (tertiary/aromatic N) is 2. The molecule has 15 rings (SSSR count). The van der Waals surface area contributed by atoms with Crippen LogP contribution in [0.1, 0.15) is 28.2 Å². The van der Waals surface area contributed by atoms with Gasteiger partial charge in [-0.25, -0.2) is 0 Å². The van der Waals surface area contributed by atoms with E-state index in [-0.39, 0.29) is 5.92 Å². The van der Waals surface area contributed by atoms with Crippen LogP contribution in [0.2, 0.25) is 0 Å². The lowest BCUT2D eigenvalue weighted by molar-refractivity contribution is 0.876. The first-order valence-corrected chi connectivity index (χ1v) is 23.8. The van der Waals surface area contributed by atoms with Crippen LogP contribution in [0.5, 0.6) is 0 Å². The maximum Gasteiger partial charge on any atom is 0.0541 e. The van der Waals surface area contributed by atoms with Gasteiger partial charge < -0.3 is 9.13 Å². The molecule has 0 fully saturated rings. The summed E-state index contributed by atoms with van der Waals surface area (Å²) in [6.07, 6.45) is 0. The lowest BCUT2D eigenvalue weighted by Crippen LogP contribution is -2.01. The molecule has 0 radical (unpaired) electrons. The highest BCUT2D eigenvalue weighted by atomic mass is 15.0. The molecule has 2 aromatic heterocycles. The van der Waals surface area contributed by atoms with Crippen molar-refractivity contribution in [2.45, 2.75) is 12.5 Å². The summed E-state index contributed by atoms with van der Waals surface area (Å²) in [5.74, 6) is 0.226. The molecule has 0 N–H and O–H groups in total. The fraction of sp³-hybridized carbons (Fsp3) is 0.0303. The molecule has 68 heavy (non-hydrogen) atoms. The van der Waals surface area contributed by atoms with Gasteiger partial charge in [-0.05, 0) is 149 Å². The van der Waals surface area contributed by atoms with Crippen molar-refractivity contribution in [2.24, 2.45) is 0 Å². The van der Waals surface area contributed by atoms with Gasteiger partial charge in [-0.3, -0.25) is 0 Å².